The average Bonchev–Trinajstić information content (AvgIpc) is 2.48. The molecule has 0 unspecified atom stereocenters. The maximum atomic E-state index is 11.8. The minimum atomic E-state index is -0.0410. The molecule has 3 nitrogen and oxygen atoms in total. The van der Waals surface area contributed by atoms with Crippen molar-refractivity contribution in [1.82, 2.24) is 9.88 Å². The van der Waals surface area contributed by atoms with Crippen molar-refractivity contribution in [2.75, 3.05) is 13.1 Å². The van der Waals surface area contributed by atoms with E-state index in [0.717, 1.165) is 39.5 Å². The van der Waals surface area contributed by atoms with E-state index in [-0.39, 0.29) is 5.56 Å². The Morgan fingerprint density at radius 1 is 1.25 bits per heavy atom. The standard InChI is InChI=1S/C15H18N2OS2/c1-3-17(4-2)15(19)20-10-11-9-16-14(18)13-8-6-5-7-12(11)13/h5-9H,3-4,10H2,1-2H3,(H,16,18). The van der Waals surface area contributed by atoms with E-state index >= 15 is 0 Å². The summed E-state index contributed by atoms with van der Waals surface area (Å²) in [7, 11) is 0. The molecule has 2 rings (SSSR count). The number of thiocarbonyl (C=S) groups is 1. The largest absolute Gasteiger partial charge is 0.358 e. The molecular weight excluding hydrogens is 288 g/mol. The summed E-state index contributed by atoms with van der Waals surface area (Å²) in [5.74, 6) is 0.770. The van der Waals surface area contributed by atoms with Gasteiger partial charge in [-0.05, 0) is 30.9 Å². The van der Waals surface area contributed by atoms with Gasteiger partial charge >= 0.3 is 0 Å². The van der Waals surface area contributed by atoms with Crippen molar-refractivity contribution in [2.24, 2.45) is 0 Å². The molecule has 0 radical (unpaired) electrons. The van der Waals surface area contributed by atoms with E-state index in [0.29, 0.717) is 0 Å². The number of H-pyrrole nitrogens is 1. The minimum Gasteiger partial charge on any atom is -0.358 e. The second-order valence-corrected chi connectivity index (χ2v) is 6.02. The van der Waals surface area contributed by atoms with E-state index in [1.165, 1.54) is 0 Å². The van der Waals surface area contributed by atoms with Crippen LogP contribution in [0.2, 0.25) is 0 Å². The van der Waals surface area contributed by atoms with Gasteiger partial charge in [0.05, 0.1) is 0 Å². The van der Waals surface area contributed by atoms with Gasteiger partial charge in [0.15, 0.2) is 0 Å². The minimum absolute atomic E-state index is 0.0410. The highest BCUT2D eigenvalue weighted by Crippen LogP contribution is 2.21. The number of hydrogen-bond acceptors (Lipinski definition) is 3. The van der Waals surface area contributed by atoms with Crippen molar-refractivity contribution in [1.29, 1.82) is 0 Å². The molecule has 5 heteroatoms. The van der Waals surface area contributed by atoms with Crippen molar-refractivity contribution >= 4 is 39.1 Å². The van der Waals surface area contributed by atoms with Crippen LogP contribution < -0.4 is 5.56 Å². The summed E-state index contributed by atoms with van der Waals surface area (Å²) in [6.45, 7) is 6.06. The number of benzene rings is 1. The van der Waals surface area contributed by atoms with E-state index in [1.54, 1.807) is 18.0 Å². The number of nitrogens with zero attached hydrogens (tertiary/aromatic N) is 1. The summed E-state index contributed by atoms with van der Waals surface area (Å²) in [5, 5.41) is 1.74. The highest BCUT2D eigenvalue weighted by atomic mass is 32.2. The molecule has 0 fully saturated rings. The lowest BCUT2D eigenvalue weighted by atomic mass is 10.1. The third-order valence-corrected chi connectivity index (χ3v) is 4.84. The molecule has 1 aromatic carbocycles. The Labute approximate surface area is 128 Å². The second kappa shape index (κ2) is 6.90. The lowest BCUT2D eigenvalue weighted by Crippen LogP contribution is -2.26. The van der Waals surface area contributed by atoms with Crippen LogP contribution in [0.25, 0.3) is 10.8 Å². The zero-order chi connectivity index (χ0) is 14.5. The summed E-state index contributed by atoms with van der Waals surface area (Å²) in [4.78, 5) is 16.7. The maximum absolute atomic E-state index is 11.8. The normalized spacial score (nSPS) is 10.7. The fraction of sp³-hybridized carbons (Fsp3) is 0.333. The van der Waals surface area contributed by atoms with Crippen molar-refractivity contribution in [3.05, 3.63) is 46.4 Å². The fourth-order valence-corrected chi connectivity index (χ4v) is 3.49. The van der Waals surface area contributed by atoms with E-state index in [9.17, 15) is 4.79 Å². The van der Waals surface area contributed by atoms with Gasteiger partial charge in [-0.1, -0.05) is 42.2 Å². The Balaban J connectivity index is 2.21. The van der Waals surface area contributed by atoms with Crippen LogP contribution in [-0.2, 0) is 5.75 Å². The first kappa shape index (κ1) is 15.1. The van der Waals surface area contributed by atoms with Gasteiger partial charge in [-0.3, -0.25) is 4.79 Å². The predicted octanol–water partition coefficient (Wildman–Crippen LogP) is 3.39. The van der Waals surface area contributed by atoms with Crippen LogP contribution in [0.5, 0.6) is 0 Å². The quantitative estimate of drug-likeness (QED) is 0.879. The van der Waals surface area contributed by atoms with E-state index in [2.05, 4.69) is 23.7 Å². The molecular formula is C15H18N2OS2. The lowest BCUT2D eigenvalue weighted by Gasteiger charge is -2.20. The number of fused-ring (bicyclic) bond motifs is 1. The van der Waals surface area contributed by atoms with E-state index in [1.807, 2.05) is 24.3 Å². The van der Waals surface area contributed by atoms with Crippen LogP contribution in [0.1, 0.15) is 19.4 Å². The SMILES string of the molecule is CCN(CC)C(=S)SCc1c[nH]c(=O)c2ccccc12. The highest BCUT2D eigenvalue weighted by molar-refractivity contribution is 8.22. The lowest BCUT2D eigenvalue weighted by molar-refractivity contribution is 0.482. The molecule has 20 heavy (non-hydrogen) atoms. The van der Waals surface area contributed by atoms with Crippen LogP contribution in [-0.4, -0.2) is 27.3 Å². The molecule has 0 saturated heterocycles. The van der Waals surface area contributed by atoms with Crippen molar-refractivity contribution in [3.63, 3.8) is 0 Å². The smallest absolute Gasteiger partial charge is 0.255 e. The van der Waals surface area contributed by atoms with Crippen molar-refractivity contribution < 1.29 is 0 Å². The molecule has 0 aliphatic heterocycles. The highest BCUT2D eigenvalue weighted by Gasteiger charge is 2.09. The topological polar surface area (TPSA) is 36.1 Å². The Morgan fingerprint density at radius 2 is 1.90 bits per heavy atom. The van der Waals surface area contributed by atoms with Crippen LogP contribution in [0, 0.1) is 0 Å². The van der Waals surface area contributed by atoms with Gasteiger partial charge in [-0.25, -0.2) is 0 Å². The van der Waals surface area contributed by atoms with Gasteiger partial charge in [0.1, 0.15) is 4.32 Å². The monoisotopic (exact) mass is 306 g/mol. The van der Waals surface area contributed by atoms with Crippen LogP contribution >= 0.6 is 24.0 Å². The van der Waals surface area contributed by atoms with E-state index in [4.69, 9.17) is 12.2 Å². The number of aromatic nitrogens is 1. The maximum Gasteiger partial charge on any atom is 0.255 e. The molecule has 106 valence electrons. The average molecular weight is 306 g/mol. The molecule has 1 aromatic heterocycles. The third kappa shape index (κ3) is 3.22. The Kier molecular flexibility index (Phi) is 5.20. The first-order valence-electron chi connectivity index (χ1n) is 6.68. The molecule has 0 amide bonds. The van der Waals surface area contributed by atoms with Crippen LogP contribution in [0.3, 0.4) is 0 Å². The van der Waals surface area contributed by atoms with Gasteiger partial charge in [0.25, 0.3) is 5.56 Å². The summed E-state index contributed by atoms with van der Waals surface area (Å²) in [6, 6.07) is 7.68. The first-order valence-corrected chi connectivity index (χ1v) is 8.07. The molecule has 1 N–H and O–H groups in total. The van der Waals surface area contributed by atoms with Crippen LogP contribution in [0.15, 0.2) is 35.3 Å². The number of pyridine rings is 1. The molecule has 0 aliphatic carbocycles. The first-order chi connectivity index (χ1) is 9.67. The number of thioether (sulfide) groups is 1. The number of aromatic amines is 1. The van der Waals surface area contributed by atoms with Gasteiger partial charge < -0.3 is 9.88 Å². The zero-order valence-electron chi connectivity index (χ0n) is 11.7. The van der Waals surface area contributed by atoms with Gasteiger partial charge in [0.2, 0.25) is 0 Å². The van der Waals surface area contributed by atoms with Crippen molar-refractivity contribution in [3.8, 4) is 0 Å². The van der Waals surface area contributed by atoms with Gasteiger partial charge in [-0.15, -0.1) is 0 Å². The molecule has 0 saturated carbocycles. The number of nitrogens with one attached hydrogen (secondary N) is 1. The molecule has 0 spiro atoms. The summed E-state index contributed by atoms with van der Waals surface area (Å²) in [6.07, 6.45) is 1.79. The summed E-state index contributed by atoms with van der Waals surface area (Å²) < 4.78 is 0.908. The molecule has 1 heterocycles. The molecule has 0 atom stereocenters. The summed E-state index contributed by atoms with van der Waals surface area (Å²) in [5.41, 5.74) is 1.07. The van der Waals surface area contributed by atoms with Crippen LogP contribution in [0.4, 0.5) is 0 Å². The number of rotatable bonds is 4. The van der Waals surface area contributed by atoms with E-state index < -0.39 is 0 Å². The zero-order valence-corrected chi connectivity index (χ0v) is 13.3. The fourth-order valence-electron chi connectivity index (χ4n) is 2.10. The Morgan fingerprint density at radius 3 is 2.55 bits per heavy atom. The Hall–Kier alpha value is -1.33. The Bertz CT molecular complexity index is 662. The molecule has 2 aromatic rings. The molecule has 0 aliphatic rings. The van der Waals surface area contributed by atoms with Gasteiger partial charge in [0, 0.05) is 30.4 Å². The van der Waals surface area contributed by atoms with Crippen molar-refractivity contribution in [2.45, 2.75) is 19.6 Å². The third-order valence-electron chi connectivity index (χ3n) is 3.27. The second-order valence-electron chi connectivity index (χ2n) is 4.42. The summed E-state index contributed by atoms with van der Waals surface area (Å²) >= 11 is 7.08. The van der Waals surface area contributed by atoms with Gasteiger partial charge in [-0.2, -0.15) is 0 Å². The number of hydrogen-bond donors (Lipinski definition) is 1. The molecule has 0 bridgehead atoms. The predicted molar refractivity (Wildman–Crippen MR) is 91.4 cm³/mol.